The van der Waals surface area contributed by atoms with E-state index >= 15 is 0 Å². The predicted molar refractivity (Wildman–Crippen MR) is 87.6 cm³/mol. The quantitative estimate of drug-likeness (QED) is 0.886. The summed E-state index contributed by atoms with van der Waals surface area (Å²) in [4.78, 5) is 16.5. The summed E-state index contributed by atoms with van der Waals surface area (Å²) in [6.45, 7) is 6.69. The van der Waals surface area contributed by atoms with Gasteiger partial charge in [-0.05, 0) is 32.0 Å². The molecule has 7 heteroatoms. The van der Waals surface area contributed by atoms with Crippen molar-refractivity contribution in [2.75, 3.05) is 38.4 Å². The summed E-state index contributed by atoms with van der Waals surface area (Å²) < 4.78 is 13.4. The van der Waals surface area contributed by atoms with Crippen LogP contribution in [0.1, 0.15) is 13.8 Å². The Balaban J connectivity index is 1.84. The summed E-state index contributed by atoms with van der Waals surface area (Å²) >= 11 is 0. The van der Waals surface area contributed by atoms with E-state index in [-0.39, 0.29) is 17.3 Å². The minimum atomic E-state index is -0.316. The zero-order valence-electron chi connectivity index (χ0n) is 13.7. The molecule has 3 rings (SSSR count). The van der Waals surface area contributed by atoms with Crippen LogP contribution in [0.15, 0.2) is 29.4 Å². The number of carbonyl (C=O) groups is 1. The molecule has 2 heterocycles. The number of hydrogen-bond acceptors (Lipinski definition) is 5. The average molecular weight is 319 g/mol. The number of amidine groups is 1. The first-order valence-corrected chi connectivity index (χ1v) is 7.74. The topological polar surface area (TPSA) is 51.2 Å². The summed E-state index contributed by atoms with van der Waals surface area (Å²) in [6, 6.07) is 6.23. The van der Waals surface area contributed by atoms with Gasteiger partial charge in [-0.2, -0.15) is 0 Å². The van der Waals surface area contributed by atoms with Gasteiger partial charge in [-0.15, -0.1) is 5.10 Å². The first-order chi connectivity index (χ1) is 10.9. The predicted octanol–water partition coefficient (Wildman–Crippen LogP) is 1.06. The molecule has 1 amide bonds. The molecule has 0 aliphatic carbocycles. The van der Waals surface area contributed by atoms with Crippen LogP contribution in [0.2, 0.25) is 0 Å². The monoisotopic (exact) mass is 319 g/mol. The van der Waals surface area contributed by atoms with Crippen molar-refractivity contribution in [3.8, 4) is 0 Å². The number of nitrogens with one attached hydrogen (secondary N) is 1. The van der Waals surface area contributed by atoms with Gasteiger partial charge in [-0.1, -0.05) is 6.07 Å². The molecule has 0 saturated carbocycles. The third-order valence-corrected chi connectivity index (χ3v) is 4.27. The largest absolute Gasteiger partial charge is 0.334 e. The molecule has 0 radical (unpaired) electrons. The van der Waals surface area contributed by atoms with E-state index in [2.05, 4.69) is 10.4 Å². The van der Waals surface area contributed by atoms with E-state index in [0.29, 0.717) is 24.7 Å². The SMILES string of the molecule is CN1CN(c2cccc(F)c2)N=C1C(=O)N1CCNCC1(C)C. The van der Waals surface area contributed by atoms with Crippen LogP contribution in [-0.2, 0) is 4.79 Å². The maximum Gasteiger partial charge on any atom is 0.291 e. The molecular weight excluding hydrogens is 297 g/mol. The number of rotatable bonds is 2. The molecule has 0 aromatic heterocycles. The highest BCUT2D eigenvalue weighted by atomic mass is 19.1. The molecule has 0 bridgehead atoms. The first-order valence-electron chi connectivity index (χ1n) is 7.74. The molecule has 2 aliphatic rings. The van der Waals surface area contributed by atoms with Crippen LogP contribution < -0.4 is 10.3 Å². The number of anilines is 1. The number of benzene rings is 1. The average Bonchev–Trinajstić information content (AvgIpc) is 2.88. The van der Waals surface area contributed by atoms with Crippen LogP contribution in [-0.4, -0.2) is 60.4 Å². The lowest BCUT2D eigenvalue weighted by molar-refractivity contribution is -0.130. The van der Waals surface area contributed by atoms with E-state index < -0.39 is 0 Å². The summed E-state index contributed by atoms with van der Waals surface area (Å²) in [6.07, 6.45) is 0. The number of carbonyl (C=O) groups excluding carboxylic acids is 1. The van der Waals surface area contributed by atoms with E-state index in [1.807, 2.05) is 25.8 Å². The van der Waals surface area contributed by atoms with Crippen LogP contribution in [0.5, 0.6) is 0 Å². The molecule has 1 aromatic carbocycles. The molecule has 1 aromatic rings. The Bertz CT molecular complexity index is 645. The smallest absolute Gasteiger partial charge is 0.291 e. The maximum absolute atomic E-state index is 13.4. The molecular formula is C16H22FN5O. The lowest BCUT2D eigenvalue weighted by atomic mass is 10.00. The normalized spacial score (nSPS) is 20.7. The van der Waals surface area contributed by atoms with Crippen molar-refractivity contribution in [3.63, 3.8) is 0 Å². The number of nitrogens with zero attached hydrogens (tertiary/aromatic N) is 4. The molecule has 1 saturated heterocycles. The van der Waals surface area contributed by atoms with Crippen molar-refractivity contribution in [1.82, 2.24) is 15.1 Å². The maximum atomic E-state index is 13.4. The van der Waals surface area contributed by atoms with Gasteiger partial charge in [-0.25, -0.2) is 9.40 Å². The van der Waals surface area contributed by atoms with Crippen molar-refractivity contribution < 1.29 is 9.18 Å². The summed E-state index contributed by atoms with van der Waals surface area (Å²) in [7, 11) is 1.82. The molecule has 0 unspecified atom stereocenters. The van der Waals surface area contributed by atoms with Crippen LogP contribution in [0.3, 0.4) is 0 Å². The molecule has 6 nitrogen and oxygen atoms in total. The number of halogens is 1. The first kappa shape index (κ1) is 15.7. The van der Waals surface area contributed by atoms with Crippen LogP contribution in [0.4, 0.5) is 10.1 Å². The van der Waals surface area contributed by atoms with Gasteiger partial charge in [0.05, 0.1) is 11.2 Å². The van der Waals surface area contributed by atoms with E-state index in [1.54, 1.807) is 22.0 Å². The van der Waals surface area contributed by atoms with E-state index in [9.17, 15) is 9.18 Å². The number of hydrazone groups is 1. The Morgan fingerprint density at radius 1 is 1.39 bits per heavy atom. The Kier molecular flexibility index (Phi) is 3.97. The van der Waals surface area contributed by atoms with Gasteiger partial charge >= 0.3 is 0 Å². The van der Waals surface area contributed by atoms with Gasteiger partial charge in [0.25, 0.3) is 5.91 Å². The molecule has 0 spiro atoms. The summed E-state index contributed by atoms with van der Waals surface area (Å²) in [5.74, 6) is -0.00879. The second kappa shape index (κ2) is 5.81. The third kappa shape index (κ3) is 3.01. The lowest BCUT2D eigenvalue weighted by Gasteiger charge is -2.42. The lowest BCUT2D eigenvalue weighted by Crippen LogP contribution is -2.62. The number of hydrogen-bond donors (Lipinski definition) is 1. The molecule has 1 N–H and O–H groups in total. The van der Waals surface area contributed by atoms with Crippen LogP contribution in [0, 0.1) is 5.82 Å². The van der Waals surface area contributed by atoms with Crippen molar-refractivity contribution in [2.24, 2.45) is 5.10 Å². The minimum Gasteiger partial charge on any atom is -0.334 e. The number of amides is 1. The van der Waals surface area contributed by atoms with Gasteiger partial charge in [0.2, 0.25) is 5.84 Å². The second-order valence-electron chi connectivity index (χ2n) is 6.59. The molecule has 2 aliphatic heterocycles. The highest BCUT2D eigenvalue weighted by Crippen LogP contribution is 2.23. The highest BCUT2D eigenvalue weighted by Gasteiger charge is 2.38. The third-order valence-electron chi connectivity index (χ3n) is 4.27. The van der Waals surface area contributed by atoms with Gasteiger partial charge in [0.1, 0.15) is 12.5 Å². The Morgan fingerprint density at radius 3 is 2.87 bits per heavy atom. The Hall–Kier alpha value is -2.15. The fraction of sp³-hybridized carbons (Fsp3) is 0.500. The second-order valence-corrected chi connectivity index (χ2v) is 6.59. The molecule has 124 valence electrons. The van der Waals surface area contributed by atoms with E-state index in [1.165, 1.54) is 12.1 Å². The van der Waals surface area contributed by atoms with Crippen LogP contribution in [0.25, 0.3) is 0 Å². The standard InChI is InChI=1S/C16H22FN5O/c1-16(2)10-18-7-8-21(16)15(23)14-19-22(11-20(14)3)13-6-4-5-12(17)9-13/h4-6,9,18H,7-8,10-11H2,1-3H3. The number of piperazine rings is 1. The van der Waals surface area contributed by atoms with E-state index in [4.69, 9.17) is 0 Å². The minimum absolute atomic E-state index is 0.0853. The molecule has 0 atom stereocenters. The Morgan fingerprint density at radius 2 is 2.17 bits per heavy atom. The Labute approximate surface area is 135 Å². The van der Waals surface area contributed by atoms with Gasteiger partial charge in [0, 0.05) is 26.7 Å². The zero-order chi connectivity index (χ0) is 16.6. The van der Waals surface area contributed by atoms with Crippen molar-refractivity contribution in [3.05, 3.63) is 30.1 Å². The molecule has 1 fully saturated rings. The highest BCUT2D eigenvalue weighted by molar-refractivity contribution is 6.38. The summed E-state index contributed by atoms with van der Waals surface area (Å²) in [5, 5.41) is 9.37. The van der Waals surface area contributed by atoms with E-state index in [0.717, 1.165) is 13.1 Å². The molecule has 23 heavy (non-hydrogen) atoms. The number of likely N-dealkylation sites (N-methyl/N-ethyl adjacent to an activating group) is 1. The zero-order valence-corrected chi connectivity index (χ0v) is 13.7. The summed E-state index contributed by atoms with van der Waals surface area (Å²) in [5.41, 5.74) is 0.379. The van der Waals surface area contributed by atoms with Gasteiger partial charge in [-0.3, -0.25) is 4.79 Å². The van der Waals surface area contributed by atoms with Crippen molar-refractivity contribution in [2.45, 2.75) is 19.4 Å². The van der Waals surface area contributed by atoms with Gasteiger partial charge < -0.3 is 15.1 Å². The van der Waals surface area contributed by atoms with Crippen molar-refractivity contribution in [1.29, 1.82) is 0 Å². The fourth-order valence-corrected chi connectivity index (χ4v) is 2.95. The van der Waals surface area contributed by atoms with Gasteiger partial charge in [0.15, 0.2) is 0 Å². The fourth-order valence-electron chi connectivity index (χ4n) is 2.95. The van der Waals surface area contributed by atoms with Crippen molar-refractivity contribution >= 4 is 17.4 Å². The van der Waals surface area contributed by atoms with Crippen LogP contribution >= 0.6 is 0 Å².